The summed E-state index contributed by atoms with van der Waals surface area (Å²) in [6.07, 6.45) is 4.72. The Balaban J connectivity index is 1.21. The fourth-order valence-corrected chi connectivity index (χ4v) is 5.67. The zero-order chi connectivity index (χ0) is 33.2. The molecule has 0 aliphatic carbocycles. The Morgan fingerprint density at radius 3 is 2.38 bits per heavy atom. The molecular formula is C34H37Cl2N7O4. The van der Waals surface area contributed by atoms with Gasteiger partial charge in [-0.3, -0.25) is 19.5 Å². The highest BCUT2D eigenvalue weighted by molar-refractivity contribution is 6.39. The molecule has 2 aromatic heterocycles. The third kappa shape index (κ3) is 9.39. The van der Waals surface area contributed by atoms with E-state index in [-0.39, 0.29) is 27.3 Å². The molecule has 0 radical (unpaired) electrons. The lowest BCUT2D eigenvalue weighted by Crippen LogP contribution is -2.38. The number of halogens is 2. The largest absolute Gasteiger partial charge is 0.379 e. The van der Waals surface area contributed by atoms with E-state index in [0.717, 1.165) is 61.5 Å². The van der Waals surface area contributed by atoms with Gasteiger partial charge in [0.15, 0.2) is 0 Å². The fraction of sp³-hybridized carbons (Fsp3) is 0.324. The zero-order valence-electron chi connectivity index (χ0n) is 26.1. The maximum Gasteiger partial charge on any atom is 0.323 e. The van der Waals surface area contributed by atoms with Gasteiger partial charge in [0, 0.05) is 50.6 Å². The second kappa shape index (κ2) is 16.5. The number of aryl methyl sites for hydroxylation is 2. The first-order valence-electron chi connectivity index (χ1n) is 15.6. The van der Waals surface area contributed by atoms with Crippen LogP contribution in [0.1, 0.15) is 25.3 Å². The van der Waals surface area contributed by atoms with Gasteiger partial charge in [0.25, 0.3) is 5.56 Å². The smallest absolute Gasteiger partial charge is 0.323 e. The molecule has 13 heteroatoms. The summed E-state index contributed by atoms with van der Waals surface area (Å²) in [5.74, 6) is 0.0565. The monoisotopic (exact) mass is 677 g/mol. The quantitative estimate of drug-likeness (QED) is 0.164. The summed E-state index contributed by atoms with van der Waals surface area (Å²) in [5, 5.41) is 13.0. The van der Waals surface area contributed by atoms with Crippen LogP contribution in [0, 0.1) is 0 Å². The standard InChI is InChI=1S/C34H37Cl2N7O4/c1-2-43-33(45)30(39-34(46)40-32-27(35)21-37-22-28(32)36)20-29(41-43)26-6-3-5-25(19-26)24-10-7-23(8-11-24)9-12-31(44)38-13-4-14-42-15-17-47-18-16-42/h3,5-8,10-11,19-22H,2,4,9,12-18H2,1H3,(H,38,44)(H2,37,39,40,46). The molecule has 1 aliphatic rings. The van der Waals surface area contributed by atoms with Crippen molar-refractivity contribution >= 4 is 46.5 Å². The number of benzene rings is 2. The van der Waals surface area contributed by atoms with Gasteiger partial charge in [-0.05, 0) is 55.1 Å². The minimum atomic E-state index is -0.688. The van der Waals surface area contributed by atoms with E-state index >= 15 is 0 Å². The Morgan fingerprint density at radius 2 is 1.66 bits per heavy atom. The normalized spacial score (nSPS) is 13.3. The van der Waals surface area contributed by atoms with E-state index in [9.17, 15) is 14.4 Å². The number of hydrogen-bond acceptors (Lipinski definition) is 7. The van der Waals surface area contributed by atoms with Crippen molar-refractivity contribution in [2.45, 2.75) is 32.7 Å². The van der Waals surface area contributed by atoms with Crippen molar-refractivity contribution in [3.05, 3.63) is 93.0 Å². The number of carbonyl (C=O) groups excluding carboxylic acids is 2. The van der Waals surface area contributed by atoms with Crippen molar-refractivity contribution in [1.82, 2.24) is 25.0 Å². The summed E-state index contributed by atoms with van der Waals surface area (Å²) < 4.78 is 6.67. The van der Waals surface area contributed by atoms with Crippen molar-refractivity contribution in [1.29, 1.82) is 0 Å². The molecule has 0 atom stereocenters. The molecule has 3 amide bonds. The minimum Gasteiger partial charge on any atom is -0.379 e. The second-order valence-electron chi connectivity index (χ2n) is 11.1. The van der Waals surface area contributed by atoms with Crippen LogP contribution in [0.15, 0.2) is 71.8 Å². The second-order valence-corrected chi connectivity index (χ2v) is 11.9. The predicted octanol–water partition coefficient (Wildman–Crippen LogP) is 5.71. The molecule has 5 rings (SSSR count). The van der Waals surface area contributed by atoms with Crippen LogP contribution >= 0.6 is 23.2 Å². The molecule has 0 bridgehead atoms. The summed E-state index contributed by atoms with van der Waals surface area (Å²) in [6.45, 7) is 7.23. The first-order valence-corrected chi connectivity index (χ1v) is 16.3. The molecule has 1 saturated heterocycles. The van der Waals surface area contributed by atoms with Crippen molar-refractivity contribution in [3.63, 3.8) is 0 Å². The number of hydrogen-bond donors (Lipinski definition) is 3. The molecule has 0 spiro atoms. The Kier molecular flexibility index (Phi) is 12.0. The lowest BCUT2D eigenvalue weighted by molar-refractivity contribution is -0.121. The molecule has 2 aromatic carbocycles. The van der Waals surface area contributed by atoms with E-state index in [1.165, 1.54) is 17.1 Å². The number of anilines is 2. The maximum absolute atomic E-state index is 13.0. The lowest BCUT2D eigenvalue weighted by Gasteiger charge is -2.26. The van der Waals surface area contributed by atoms with Gasteiger partial charge in [-0.1, -0.05) is 65.7 Å². The third-order valence-corrected chi connectivity index (χ3v) is 8.35. The number of morpholine rings is 1. The van der Waals surface area contributed by atoms with Crippen LogP contribution in [0.3, 0.4) is 0 Å². The summed E-state index contributed by atoms with van der Waals surface area (Å²) >= 11 is 12.2. The highest BCUT2D eigenvalue weighted by Gasteiger charge is 2.16. The fourth-order valence-electron chi connectivity index (χ4n) is 5.21. The van der Waals surface area contributed by atoms with Crippen LogP contribution in [0.2, 0.25) is 10.0 Å². The molecule has 0 unspecified atom stereocenters. The van der Waals surface area contributed by atoms with Gasteiger partial charge in [-0.25, -0.2) is 9.48 Å². The van der Waals surface area contributed by atoms with Crippen LogP contribution in [-0.2, 0) is 22.5 Å². The molecule has 4 aromatic rings. The van der Waals surface area contributed by atoms with Gasteiger partial charge in [-0.15, -0.1) is 0 Å². The number of nitrogens with zero attached hydrogens (tertiary/aromatic N) is 4. The molecule has 3 heterocycles. The number of carbonyl (C=O) groups is 2. The third-order valence-electron chi connectivity index (χ3n) is 7.78. The highest BCUT2D eigenvalue weighted by Crippen LogP contribution is 2.29. The van der Waals surface area contributed by atoms with Gasteiger partial charge in [-0.2, -0.15) is 5.10 Å². The maximum atomic E-state index is 13.0. The molecule has 47 heavy (non-hydrogen) atoms. The van der Waals surface area contributed by atoms with Crippen LogP contribution in [-0.4, -0.2) is 71.0 Å². The molecule has 11 nitrogen and oxygen atoms in total. The summed E-state index contributed by atoms with van der Waals surface area (Å²) in [5.41, 5.74) is 4.08. The number of rotatable bonds is 12. The average Bonchev–Trinajstić information content (AvgIpc) is 3.09. The molecule has 1 fully saturated rings. The van der Waals surface area contributed by atoms with Gasteiger partial charge < -0.3 is 20.7 Å². The molecule has 0 saturated carbocycles. The molecule has 246 valence electrons. The Bertz CT molecular complexity index is 1740. The van der Waals surface area contributed by atoms with Gasteiger partial charge >= 0.3 is 6.03 Å². The number of amides is 3. The average molecular weight is 679 g/mol. The number of urea groups is 1. The van der Waals surface area contributed by atoms with Crippen LogP contribution in [0.5, 0.6) is 0 Å². The Labute approximate surface area is 283 Å². The summed E-state index contributed by atoms with van der Waals surface area (Å²) in [4.78, 5) is 44.4. The molecular weight excluding hydrogens is 641 g/mol. The zero-order valence-corrected chi connectivity index (χ0v) is 27.6. The van der Waals surface area contributed by atoms with E-state index in [1.807, 2.05) is 48.5 Å². The number of ether oxygens (including phenoxy) is 1. The molecule has 3 N–H and O–H groups in total. The highest BCUT2D eigenvalue weighted by atomic mass is 35.5. The summed E-state index contributed by atoms with van der Waals surface area (Å²) in [6, 6.07) is 16.8. The van der Waals surface area contributed by atoms with Gasteiger partial charge in [0.1, 0.15) is 5.69 Å². The van der Waals surface area contributed by atoms with E-state index in [4.69, 9.17) is 27.9 Å². The van der Waals surface area contributed by atoms with E-state index in [2.05, 4.69) is 30.9 Å². The van der Waals surface area contributed by atoms with Crippen molar-refractivity contribution in [2.75, 3.05) is 50.0 Å². The number of aromatic nitrogens is 3. The van der Waals surface area contributed by atoms with Gasteiger partial charge in [0.2, 0.25) is 5.91 Å². The van der Waals surface area contributed by atoms with Crippen molar-refractivity contribution < 1.29 is 14.3 Å². The SMILES string of the molecule is CCn1nc(-c2cccc(-c3ccc(CCC(=O)NCCCN4CCOCC4)cc3)c2)cc(NC(=O)Nc2c(Cl)cncc2Cl)c1=O. The topological polar surface area (TPSA) is 130 Å². The number of nitrogens with one attached hydrogen (secondary N) is 3. The van der Waals surface area contributed by atoms with E-state index in [1.54, 1.807) is 13.0 Å². The minimum absolute atomic E-state index is 0.0477. The van der Waals surface area contributed by atoms with E-state index < -0.39 is 11.6 Å². The van der Waals surface area contributed by atoms with Crippen molar-refractivity contribution in [2.24, 2.45) is 0 Å². The van der Waals surface area contributed by atoms with Crippen LogP contribution in [0.25, 0.3) is 22.4 Å². The first-order chi connectivity index (χ1) is 22.8. The summed E-state index contributed by atoms with van der Waals surface area (Å²) in [7, 11) is 0. The van der Waals surface area contributed by atoms with Crippen LogP contribution in [0.4, 0.5) is 16.2 Å². The molecule has 1 aliphatic heterocycles. The lowest BCUT2D eigenvalue weighted by atomic mass is 9.99. The van der Waals surface area contributed by atoms with E-state index in [0.29, 0.717) is 31.6 Å². The first kappa shape index (κ1) is 34.1. The Hall–Kier alpha value is -4.29. The number of pyridine rings is 1. The Morgan fingerprint density at radius 1 is 0.936 bits per heavy atom. The van der Waals surface area contributed by atoms with Gasteiger partial charge in [0.05, 0.1) is 34.6 Å². The predicted molar refractivity (Wildman–Crippen MR) is 185 cm³/mol. The van der Waals surface area contributed by atoms with Crippen molar-refractivity contribution in [3.8, 4) is 22.4 Å². The van der Waals surface area contributed by atoms with Crippen LogP contribution < -0.4 is 21.5 Å².